The monoisotopic (exact) mass is 266 g/mol. The van der Waals surface area contributed by atoms with Gasteiger partial charge >= 0.3 is 0 Å². The molecule has 0 spiro atoms. The Morgan fingerprint density at radius 2 is 2.05 bits per heavy atom. The summed E-state index contributed by atoms with van der Waals surface area (Å²) in [5.41, 5.74) is 2.54. The molecule has 1 saturated heterocycles. The lowest BCUT2D eigenvalue weighted by Crippen LogP contribution is -2.34. The predicted octanol–water partition coefficient (Wildman–Crippen LogP) is 3.21. The van der Waals surface area contributed by atoms with Crippen molar-refractivity contribution in [1.82, 2.24) is 14.8 Å². The Kier molecular flexibility index (Phi) is 2.73. The summed E-state index contributed by atoms with van der Waals surface area (Å²) in [7, 11) is 0. The summed E-state index contributed by atoms with van der Waals surface area (Å²) in [6, 6.07) is 11.4. The zero-order valence-corrected chi connectivity index (χ0v) is 11.4. The first kappa shape index (κ1) is 11.6. The van der Waals surface area contributed by atoms with Crippen molar-refractivity contribution >= 4 is 16.6 Å². The van der Waals surface area contributed by atoms with E-state index in [1.54, 1.807) is 0 Å². The standard InChI is InChI=1S/C16H18N4/c1-7-18-20(9-1)14-5-10-19(11-6-14)15-2-3-16-13(12-15)4-8-17-16/h1-4,7-9,12,14,17H,5-6,10-11H2. The minimum Gasteiger partial charge on any atom is -0.371 e. The van der Waals surface area contributed by atoms with Gasteiger partial charge in [0.25, 0.3) is 0 Å². The van der Waals surface area contributed by atoms with Crippen molar-refractivity contribution in [2.45, 2.75) is 18.9 Å². The largest absolute Gasteiger partial charge is 0.371 e. The van der Waals surface area contributed by atoms with Crippen LogP contribution in [0.5, 0.6) is 0 Å². The van der Waals surface area contributed by atoms with E-state index in [1.165, 1.54) is 16.6 Å². The number of piperidine rings is 1. The predicted molar refractivity (Wildman–Crippen MR) is 81.0 cm³/mol. The lowest BCUT2D eigenvalue weighted by Gasteiger charge is -2.33. The minimum atomic E-state index is 0.553. The second-order valence-corrected chi connectivity index (χ2v) is 5.45. The Bertz CT molecular complexity index is 690. The van der Waals surface area contributed by atoms with Gasteiger partial charge < -0.3 is 9.88 Å². The molecule has 20 heavy (non-hydrogen) atoms. The molecule has 0 bridgehead atoms. The van der Waals surface area contributed by atoms with Crippen molar-refractivity contribution in [3.8, 4) is 0 Å². The third kappa shape index (κ3) is 1.97. The minimum absolute atomic E-state index is 0.553. The van der Waals surface area contributed by atoms with Crippen molar-refractivity contribution < 1.29 is 0 Å². The van der Waals surface area contributed by atoms with E-state index in [-0.39, 0.29) is 0 Å². The maximum Gasteiger partial charge on any atom is 0.0552 e. The molecule has 1 aromatic carbocycles. The molecule has 4 rings (SSSR count). The van der Waals surface area contributed by atoms with Gasteiger partial charge in [-0.25, -0.2) is 0 Å². The summed E-state index contributed by atoms with van der Waals surface area (Å²) in [4.78, 5) is 5.72. The number of hydrogen-bond acceptors (Lipinski definition) is 2. The smallest absolute Gasteiger partial charge is 0.0552 e. The van der Waals surface area contributed by atoms with Gasteiger partial charge in [0.2, 0.25) is 0 Å². The number of aromatic amines is 1. The van der Waals surface area contributed by atoms with Crippen molar-refractivity contribution in [1.29, 1.82) is 0 Å². The molecule has 102 valence electrons. The molecule has 1 aliphatic rings. The number of fused-ring (bicyclic) bond motifs is 1. The van der Waals surface area contributed by atoms with Crippen LogP contribution in [0.15, 0.2) is 48.9 Å². The molecule has 0 aliphatic carbocycles. The van der Waals surface area contributed by atoms with Crippen LogP contribution in [0.2, 0.25) is 0 Å². The van der Waals surface area contributed by atoms with Gasteiger partial charge in [-0.15, -0.1) is 0 Å². The van der Waals surface area contributed by atoms with Crippen molar-refractivity contribution in [3.63, 3.8) is 0 Å². The summed E-state index contributed by atoms with van der Waals surface area (Å²) in [5, 5.41) is 5.65. The molecule has 2 aromatic heterocycles. The van der Waals surface area contributed by atoms with Crippen LogP contribution in [-0.2, 0) is 0 Å². The molecule has 3 aromatic rings. The molecular weight excluding hydrogens is 248 g/mol. The maximum absolute atomic E-state index is 4.37. The molecule has 1 N–H and O–H groups in total. The van der Waals surface area contributed by atoms with Crippen LogP contribution in [0.3, 0.4) is 0 Å². The molecule has 0 saturated carbocycles. The van der Waals surface area contributed by atoms with Crippen molar-refractivity contribution in [2.24, 2.45) is 0 Å². The summed E-state index contributed by atoms with van der Waals surface area (Å²) < 4.78 is 2.10. The second kappa shape index (κ2) is 4.71. The number of nitrogens with zero attached hydrogens (tertiary/aromatic N) is 3. The SMILES string of the molecule is c1cnn(C2CCN(c3ccc4[nH]ccc4c3)CC2)c1. The molecular formula is C16H18N4. The lowest BCUT2D eigenvalue weighted by atomic mass is 10.0. The molecule has 0 amide bonds. The second-order valence-electron chi connectivity index (χ2n) is 5.45. The third-order valence-corrected chi connectivity index (χ3v) is 4.27. The van der Waals surface area contributed by atoms with E-state index in [9.17, 15) is 0 Å². The highest BCUT2D eigenvalue weighted by molar-refractivity contribution is 5.83. The van der Waals surface area contributed by atoms with Crippen molar-refractivity contribution in [2.75, 3.05) is 18.0 Å². The van der Waals surface area contributed by atoms with Crippen LogP contribution < -0.4 is 4.90 Å². The summed E-state index contributed by atoms with van der Waals surface area (Å²) in [5.74, 6) is 0. The van der Waals surface area contributed by atoms with E-state index < -0.39 is 0 Å². The van der Waals surface area contributed by atoms with Gasteiger partial charge in [-0.2, -0.15) is 5.10 Å². The van der Waals surface area contributed by atoms with E-state index in [0.29, 0.717) is 6.04 Å². The fourth-order valence-electron chi connectivity index (χ4n) is 3.12. The van der Waals surface area contributed by atoms with Crippen LogP contribution in [0, 0.1) is 0 Å². The van der Waals surface area contributed by atoms with Gasteiger partial charge in [0.15, 0.2) is 0 Å². The van der Waals surface area contributed by atoms with E-state index in [0.717, 1.165) is 25.9 Å². The number of rotatable bonds is 2. The van der Waals surface area contributed by atoms with E-state index in [1.807, 2.05) is 18.5 Å². The van der Waals surface area contributed by atoms with Gasteiger partial charge in [-0.05, 0) is 43.2 Å². The Morgan fingerprint density at radius 3 is 2.85 bits per heavy atom. The van der Waals surface area contributed by atoms with Crippen LogP contribution in [0.25, 0.3) is 10.9 Å². The fourth-order valence-corrected chi connectivity index (χ4v) is 3.12. The number of aromatic nitrogens is 3. The molecule has 1 aliphatic heterocycles. The van der Waals surface area contributed by atoms with Crippen LogP contribution in [0.4, 0.5) is 5.69 Å². The topological polar surface area (TPSA) is 36.9 Å². The van der Waals surface area contributed by atoms with Gasteiger partial charge in [0.05, 0.1) is 6.04 Å². The summed E-state index contributed by atoms with van der Waals surface area (Å²) >= 11 is 0. The quantitative estimate of drug-likeness (QED) is 0.773. The molecule has 0 unspecified atom stereocenters. The van der Waals surface area contributed by atoms with Gasteiger partial charge in [0, 0.05) is 48.3 Å². The number of benzene rings is 1. The molecule has 4 heteroatoms. The maximum atomic E-state index is 4.37. The zero-order valence-electron chi connectivity index (χ0n) is 11.4. The third-order valence-electron chi connectivity index (χ3n) is 4.27. The highest BCUT2D eigenvalue weighted by atomic mass is 15.3. The Balaban J connectivity index is 1.50. The van der Waals surface area contributed by atoms with E-state index in [2.05, 4.69) is 50.1 Å². The van der Waals surface area contributed by atoms with Crippen LogP contribution >= 0.6 is 0 Å². The van der Waals surface area contributed by atoms with E-state index >= 15 is 0 Å². The van der Waals surface area contributed by atoms with Crippen LogP contribution in [-0.4, -0.2) is 27.9 Å². The highest BCUT2D eigenvalue weighted by Crippen LogP contribution is 2.27. The average Bonchev–Trinajstić information content (AvgIpc) is 3.18. The lowest BCUT2D eigenvalue weighted by molar-refractivity contribution is 0.367. The molecule has 4 nitrogen and oxygen atoms in total. The van der Waals surface area contributed by atoms with Gasteiger partial charge in [-0.1, -0.05) is 0 Å². The fraction of sp³-hybridized carbons (Fsp3) is 0.312. The average molecular weight is 266 g/mol. The normalized spacial score (nSPS) is 16.9. The van der Waals surface area contributed by atoms with E-state index in [4.69, 9.17) is 0 Å². The summed E-state index contributed by atoms with van der Waals surface area (Å²) in [6.07, 6.45) is 8.26. The Labute approximate surface area is 118 Å². The van der Waals surface area contributed by atoms with Crippen molar-refractivity contribution in [3.05, 3.63) is 48.9 Å². The number of hydrogen-bond donors (Lipinski definition) is 1. The Hall–Kier alpha value is -2.23. The highest BCUT2D eigenvalue weighted by Gasteiger charge is 2.20. The number of H-pyrrole nitrogens is 1. The first-order valence-corrected chi connectivity index (χ1v) is 7.21. The zero-order chi connectivity index (χ0) is 13.4. The molecule has 1 fully saturated rings. The summed E-state index contributed by atoms with van der Waals surface area (Å²) in [6.45, 7) is 2.20. The molecule has 0 atom stereocenters. The van der Waals surface area contributed by atoms with Gasteiger partial charge in [-0.3, -0.25) is 4.68 Å². The molecule has 0 radical (unpaired) electrons. The Morgan fingerprint density at radius 1 is 1.15 bits per heavy atom. The van der Waals surface area contributed by atoms with Gasteiger partial charge in [0.1, 0.15) is 0 Å². The number of nitrogens with one attached hydrogen (secondary N) is 1. The number of anilines is 1. The first-order chi connectivity index (χ1) is 9.90. The van der Waals surface area contributed by atoms with Crippen LogP contribution in [0.1, 0.15) is 18.9 Å². The first-order valence-electron chi connectivity index (χ1n) is 7.21. The molecule has 3 heterocycles.